The maximum atomic E-state index is 12.3. The minimum absolute atomic E-state index is 0.109. The topological polar surface area (TPSA) is 53.4 Å². The largest absolute Gasteiger partial charge is 0.454 e. The van der Waals surface area contributed by atoms with Gasteiger partial charge < -0.3 is 9.47 Å². The lowest BCUT2D eigenvalue weighted by Crippen LogP contribution is -2.00. The van der Waals surface area contributed by atoms with Gasteiger partial charge in [0.15, 0.2) is 17.3 Å². The summed E-state index contributed by atoms with van der Waals surface area (Å²) in [6.07, 6.45) is 6.84. The molecular weight excluding hydrogens is 352 g/mol. The summed E-state index contributed by atoms with van der Waals surface area (Å²) in [6, 6.07) is 12.8. The standard InChI is InChI=1S/C20H15ClN2O3/c21-17-4-2-1-3-16(17)12-23-11-14(10-22-23)5-7-18(24)15-6-8-19-20(9-15)26-13-25-19/h1-11H,12-13H2. The van der Waals surface area contributed by atoms with Gasteiger partial charge in [0.05, 0.1) is 12.7 Å². The summed E-state index contributed by atoms with van der Waals surface area (Å²) in [5.74, 6) is 1.14. The predicted octanol–water partition coefficient (Wildman–Crippen LogP) is 4.21. The van der Waals surface area contributed by atoms with Gasteiger partial charge in [0, 0.05) is 22.3 Å². The molecule has 26 heavy (non-hydrogen) atoms. The highest BCUT2D eigenvalue weighted by Gasteiger charge is 2.15. The van der Waals surface area contributed by atoms with Crippen molar-refractivity contribution in [3.05, 3.63) is 82.6 Å². The van der Waals surface area contributed by atoms with Gasteiger partial charge in [0.1, 0.15) is 0 Å². The molecule has 0 unspecified atom stereocenters. The van der Waals surface area contributed by atoms with E-state index in [4.69, 9.17) is 21.1 Å². The van der Waals surface area contributed by atoms with Gasteiger partial charge >= 0.3 is 0 Å². The van der Waals surface area contributed by atoms with Gasteiger partial charge in [-0.1, -0.05) is 29.8 Å². The number of carbonyl (C=O) groups excluding carboxylic acids is 1. The molecule has 4 rings (SSSR count). The highest BCUT2D eigenvalue weighted by Crippen LogP contribution is 2.32. The Morgan fingerprint density at radius 3 is 2.92 bits per heavy atom. The van der Waals surface area contributed by atoms with Crippen molar-refractivity contribution in [1.29, 1.82) is 0 Å². The molecule has 0 bridgehead atoms. The summed E-state index contributed by atoms with van der Waals surface area (Å²) in [6.45, 7) is 0.761. The fourth-order valence-corrected chi connectivity index (χ4v) is 2.87. The quantitative estimate of drug-likeness (QED) is 0.501. The number of rotatable bonds is 5. The summed E-state index contributed by atoms with van der Waals surface area (Å²) in [5.41, 5.74) is 2.38. The average Bonchev–Trinajstić information content (AvgIpc) is 3.30. The molecule has 2 aromatic carbocycles. The van der Waals surface area contributed by atoms with Gasteiger partial charge in [-0.3, -0.25) is 9.48 Å². The lowest BCUT2D eigenvalue weighted by molar-refractivity contribution is 0.104. The lowest BCUT2D eigenvalue weighted by atomic mass is 10.1. The van der Waals surface area contributed by atoms with Gasteiger partial charge in [0.25, 0.3) is 0 Å². The van der Waals surface area contributed by atoms with E-state index in [1.807, 2.05) is 30.5 Å². The van der Waals surface area contributed by atoms with E-state index in [2.05, 4.69) is 5.10 Å². The van der Waals surface area contributed by atoms with Gasteiger partial charge in [-0.25, -0.2) is 0 Å². The van der Waals surface area contributed by atoms with Crippen LogP contribution in [0.4, 0.5) is 0 Å². The molecule has 0 amide bonds. The van der Waals surface area contributed by atoms with E-state index >= 15 is 0 Å². The van der Waals surface area contributed by atoms with Crippen LogP contribution in [0.2, 0.25) is 5.02 Å². The van der Waals surface area contributed by atoms with Gasteiger partial charge in [0.2, 0.25) is 6.79 Å². The first kappa shape index (κ1) is 16.4. The van der Waals surface area contributed by atoms with Crippen LogP contribution in [-0.2, 0) is 6.54 Å². The van der Waals surface area contributed by atoms with Crippen molar-refractivity contribution >= 4 is 23.5 Å². The molecule has 0 saturated heterocycles. The van der Waals surface area contributed by atoms with E-state index in [1.54, 1.807) is 35.2 Å². The molecule has 3 aromatic rings. The fraction of sp³-hybridized carbons (Fsp3) is 0.100. The summed E-state index contributed by atoms with van der Waals surface area (Å²) >= 11 is 6.17. The number of aromatic nitrogens is 2. The average molecular weight is 367 g/mol. The van der Waals surface area contributed by atoms with Crippen LogP contribution >= 0.6 is 11.6 Å². The lowest BCUT2D eigenvalue weighted by Gasteiger charge is -2.03. The van der Waals surface area contributed by atoms with Crippen molar-refractivity contribution in [2.45, 2.75) is 6.54 Å². The number of benzene rings is 2. The minimum atomic E-state index is -0.109. The minimum Gasteiger partial charge on any atom is -0.454 e. The Labute approximate surface area is 155 Å². The zero-order valence-corrected chi connectivity index (χ0v) is 14.5. The number of hydrogen-bond acceptors (Lipinski definition) is 4. The van der Waals surface area contributed by atoms with Crippen molar-refractivity contribution in [1.82, 2.24) is 9.78 Å². The van der Waals surface area contributed by atoms with Crippen molar-refractivity contribution in [3.8, 4) is 11.5 Å². The zero-order valence-electron chi connectivity index (χ0n) is 13.8. The SMILES string of the molecule is O=C(C=Cc1cnn(Cc2ccccc2Cl)c1)c1ccc2c(c1)OCO2. The molecule has 6 heteroatoms. The molecular formula is C20H15ClN2O3. The molecule has 130 valence electrons. The molecule has 0 saturated carbocycles. The molecule has 1 aromatic heterocycles. The molecule has 1 aliphatic heterocycles. The van der Waals surface area contributed by atoms with Crippen LogP contribution in [0.1, 0.15) is 21.5 Å². The normalized spacial score (nSPS) is 12.7. The van der Waals surface area contributed by atoms with Crippen LogP contribution in [0.15, 0.2) is 60.9 Å². The highest BCUT2D eigenvalue weighted by molar-refractivity contribution is 6.31. The van der Waals surface area contributed by atoms with Gasteiger partial charge in [-0.2, -0.15) is 5.10 Å². The first-order chi connectivity index (χ1) is 12.7. The molecule has 2 heterocycles. The molecule has 0 fully saturated rings. The Morgan fingerprint density at radius 2 is 2.04 bits per heavy atom. The number of hydrogen-bond donors (Lipinski definition) is 0. The molecule has 0 spiro atoms. The fourth-order valence-electron chi connectivity index (χ4n) is 2.67. The molecule has 0 atom stereocenters. The molecule has 0 radical (unpaired) electrons. The first-order valence-electron chi connectivity index (χ1n) is 8.07. The van der Waals surface area contributed by atoms with Gasteiger partial charge in [-0.15, -0.1) is 0 Å². The van der Waals surface area contributed by atoms with E-state index < -0.39 is 0 Å². The third-order valence-electron chi connectivity index (χ3n) is 4.03. The van der Waals surface area contributed by atoms with Crippen LogP contribution in [0.25, 0.3) is 6.08 Å². The zero-order chi connectivity index (χ0) is 17.9. The van der Waals surface area contributed by atoms with Gasteiger partial charge in [-0.05, 0) is 42.0 Å². The van der Waals surface area contributed by atoms with Crippen molar-refractivity contribution < 1.29 is 14.3 Å². The number of carbonyl (C=O) groups is 1. The predicted molar refractivity (Wildman–Crippen MR) is 98.7 cm³/mol. The second-order valence-corrected chi connectivity index (χ2v) is 6.24. The Hall–Kier alpha value is -3.05. The van der Waals surface area contributed by atoms with Crippen LogP contribution in [0.3, 0.4) is 0 Å². The number of fused-ring (bicyclic) bond motifs is 1. The summed E-state index contributed by atoms with van der Waals surface area (Å²) in [5, 5.41) is 5.02. The maximum Gasteiger partial charge on any atom is 0.231 e. The van der Waals surface area contributed by atoms with Crippen molar-refractivity contribution in [2.75, 3.05) is 6.79 Å². The van der Waals surface area contributed by atoms with Crippen LogP contribution < -0.4 is 9.47 Å². The third-order valence-corrected chi connectivity index (χ3v) is 4.40. The van der Waals surface area contributed by atoms with E-state index in [1.165, 1.54) is 6.08 Å². The maximum absolute atomic E-state index is 12.3. The first-order valence-corrected chi connectivity index (χ1v) is 8.45. The van der Waals surface area contributed by atoms with Crippen molar-refractivity contribution in [3.63, 3.8) is 0 Å². The third kappa shape index (κ3) is 3.48. The number of nitrogens with zero attached hydrogens (tertiary/aromatic N) is 2. The monoisotopic (exact) mass is 366 g/mol. The van der Waals surface area contributed by atoms with E-state index in [9.17, 15) is 4.79 Å². The van der Waals surface area contributed by atoms with Crippen molar-refractivity contribution in [2.24, 2.45) is 0 Å². The second kappa shape index (κ2) is 7.06. The van der Waals surface area contributed by atoms with Crippen LogP contribution in [-0.4, -0.2) is 22.4 Å². The van der Waals surface area contributed by atoms with E-state index in [-0.39, 0.29) is 12.6 Å². The Balaban J connectivity index is 1.45. The van der Waals surface area contributed by atoms with Crippen LogP contribution in [0.5, 0.6) is 11.5 Å². The smallest absolute Gasteiger partial charge is 0.231 e. The molecule has 5 nitrogen and oxygen atoms in total. The Bertz CT molecular complexity index is 994. The number of ether oxygens (including phenoxy) is 2. The molecule has 0 N–H and O–H groups in total. The Kier molecular flexibility index (Phi) is 4.46. The second-order valence-electron chi connectivity index (χ2n) is 5.83. The summed E-state index contributed by atoms with van der Waals surface area (Å²) in [7, 11) is 0. The number of ketones is 1. The highest BCUT2D eigenvalue weighted by atomic mass is 35.5. The van der Waals surface area contributed by atoms with E-state index in [0.29, 0.717) is 28.6 Å². The molecule has 0 aliphatic carbocycles. The number of halogens is 1. The summed E-state index contributed by atoms with van der Waals surface area (Å²) in [4.78, 5) is 12.3. The van der Waals surface area contributed by atoms with Crippen LogP contribution in [0, 0.1) is 0 Å². The Morgan fingerprint density at radius 1 is 1.19 bits per heavy atom. The summed E-state index contributed by atoms with van der Waals surface area (Å²) < 4.78 is 12.3. The molecule has 1 aliphatic rings. The van der Waals surface area contributed by atoms with E-state index in [0.717, 1.165) is 11.1 Å². The number of allylic oxidation sites excluding steroid dienone is 1.